The van der Waals surface area contributed by atoms with Crippen molar-refractivity contribution in [2.75, 3.05) is 66.7 Å². The highest BCUT2D eigenvalue weighted by Crippen LogP contribution is 2.28. The van der Waals surface area contributed by atoms with Crippen LogP contribution in [0.5, 0.6) is 11.5 Å². The minimum atomic E-state index is -0.420. The molecule has 39 heavy (non-hydrogen) atoms. The van der Waals surface area contributed by atoms with E-state index < -0.39 is 5.54 Å². The summed E-state index contributed by atoms with van der Waals surface area (Å²) in [7, 11) is 3.20. The summed E-state index contributed by atoms with van der Waals surface area (Å²) in [6, 6.07) is 9.26. The molecule has 3 amide bonds. The van der Waals surface area contributed by atoms with Crippen molar-refractivity contribution >= 4 is 11.9 Å². The van der Waals surface area contributed by atoms with Crippen molar-refractivity contribution in [2.24, 2.45) is 0 Å². The van der Waals surface area contributed by atoms with Crippen LogP contribution in [0.1, 0.15) is 37.9 Å². The van der Waals surface area contributed by atoms with Gasteiger partial charge < -0.3 is 33.7 Å². The number of hydrogen-bond acceptors (Lipinski definition) is 7. The molecule has 0 spiro atoms. The van der Waals surface area contributed by atoms with E-state index in [1.807, 2.05) is 58.0 Å². The van der Waals surface area contributed by atoms with Crippen LogP contribution in [0.4, 0.5) is 4.79 Å². The summed E-state index contributed by atoms with van der Waals surface area (Å²) in [6.45, 7) is 12.5. The maximum absolute atomic E-state index is 13.7. The van der Waals surface area contributed by atoms with E-state index in [1.54, 1.807) is 24.0 Å². The first kappa shape index (κ1) is 30.3. The Bertz CT molecular complexity index is 1070. The molecule has 1 fully saturated rings. The topological polar surface area (TPSA) is 96.7 Å². The number of carbonyl (C=O) groups is 2. The third-order valence-electron chi connectivity index (χ3n) is 6.50. The summed E-state index contributed by atoms with van der Waals surface area (Å²) >= 11 is 0. The Morgan fingerprint density at radius 2 is 1.72 bits per heavy atom. The fraction of sp³-hybridized carbons (Fsp3) is 0.586. The zero-order valence-corrected chi connectivity index (χ0v) is 24.2. The molecule has 0 radical (unpaired) electrons. The Labute approximate surface area is 232 Å². The fourth-order valence-electron chi connectivity index (χ4n) is 4.35. The van der Waals surface area contributed by atoms with Crippen LogP contribution in [0.3, 0.4) is 0 Å². The maximum Gasteiger partial charge on any atom is 0.318 e. The SMILES string of the molecule is COc1ccc(CCN(Cc2ccc(C)o2)C(=O)CN(CCN2CCOCC2)C(=O)NC(C)(C)C)cc1OC. The minimum absolute atomic E-state index is 0.0299. The predicted octanol–water partition coefficient (Wildman–Crippen LogP) is 3.32. The van der Waals surface area contributed by atoms with Crippen molar-refractivity contribution in [1.29, 1.82) is 0 Å². The number of rotatable bonds is 12. The molecule has 10 heteroatoms. The largest absolute Gasteiger partial charge is 0.493 e. The molecule has 1 aliphatic rings. The van der Waals surface area contributed by atoms with Crippen molar-refractivity contribution in [1.82, 2.24) is 20.0 Å². The Morgan fingerprint density at radius 1 is 1.00 bits per heavy atom. The van der Waals surface area contributed by atoms with E-state index in [4.69, 9.17) is 18.6 Å². The van der Waals surface area contributed by atoms with Gasteiger partial charge in [0.1, 0.15) is 18.1 Å². The zero-order chi connectivity index (χ0) is 28.4. The summed E-state index contributed by atoms with van der Waals surface area (Å²) in [6.07, 6.45) is 0.605. The van der Waals surface area contributed by atoms with Crippen molar-refractivity contribution in [2.45, 2.75) is 46.2 Å². The Kier molecular flexibility index (Phi) is 11.1. The highest BCUT2D eigenvalue weighted by molar-refractivity contribution is 5.84. The monoisotopic (exact) mass is 544 g/mol. The van der Waals surface area contributed by atoms with E-state index in [0.717, 1.165) is 24.4 Å². The molecule has 1 aromatic carbocycles. The smallest absolute Gasteiger partial charge is 0.318 e. The molecule has 216 valence electrons. The van der Waals surface area contributed by atoms with Crippen LogP contribution in [0, 0.1) is 6.92 Å². The van der Waals surface area contributed by atoms with Gasteiger partial charge in [-0.2, -0.15) is 0 Å². The van der Waals surface area contributed by atoms with Crippen LogP contribution in [0.15, 0.2) is 34.7 Å². The van der Waals surface area contributed by atoms with Crippen LogP contribution in [-0.2, 0) is 22.5 Å². The Hall–Kier alpha value is -3.24. The van der Waals surface area contributed by atoms with Crippen LogP contribution >= 0.6 is 0 Å². The highest BCUT2D eigenvalue weighted by Gasteiger charge is 2.26. The third-order valence-corrected chi connectivity index (χ3v) is 6.50. The summed E-state index contributed by atoms with van der Waals surface area (Å²) in [5.41, 5.74) is 0.589. The minimum Gasteiger partial charge on any atom is -0.493 e. The van der Waals surface area contributed by atoms with Gasteiger partial charge in [-0.3, -0.25) is 9.69 Å². The third kappa shape index (κ3) is 9.78. The molecule has 1 saturated heterocycles. The van der Waals surface area contributed by atoms with E-state index in [9.17, 15) is 9.59 Å². The van der Waals surface area contributed by atoms with Gasteiger partial charge in [0.05, 0.1) is 34.0 Å². The number of ether oxygens (including phenoxy) is 3. The van der Waals surface area contributed by atoms with E-state index in [0.29, 0.717) is 63.1 Å². The molecule has 0 bridgehead atoms. The maximum atomic E-state index is 13.7. The van der Waals surface area contributed by atoms with Crippen molar-refractivity contribution in [3.63, 3.8) is 0 Å². The molecule has 1 N–H and O–H groups in total. The van der Waals surface area contributed by atoms with Gasteiger partial charge in [-0.05, 0) is 63.9 Å². The first-order chi connectivity index (χ1) is 18.6. The lowest BCUT2D eigenvalue weighted by atomic mass is 10.1. The molecular formula is C29H44N4O6. The molecule has 2 aromatic rings. The number of nitrogens with zero attached hydrogens (tertiary/aromatic N) is 3. The van der Waals surface area contributed by atoms with Crippen LogP contribution in [-0.4, -0.2) is 98.9 Å². The molecule has 1 aliphatic heterocycles. The van der Waals surface area contributed by atoms with Crippen LogP contribution in [0.25, 0.3) is 0 Å². The number of benzene rings is 1. The van der Waals surface area contributed by atoms with Gasteiger partial charge in [0, 0.05) is 38.3 Å². The summed E-state index contributed by atoms with van der Waals surface area (Å²) in [5, 5.41) is 3.01. The van der Waals surface area contributed by atoms with Crippen molar-refractivity contribution in [3.05, 3.63) is 47.4 Å². The Morgan fingerprint density at radius 3 is 2.33 bits per heavy atom. The number of methoxy groups -OCH3 is 2. The first-order valence-corrected chi connectivity index (χ1v) is 13.5. The van der Waals surface area contributed by atoms with Gasteiger partial charge in [0.25, 0.3) is 0 Å². The van der Waals surface area contributed by atoms with Gasteiger partial charge in [0.2, 0.25) is 5.91 Å². The van der Waals surface area contributed by atoms with E-state index in [1.165, 1.54) is 0 Å². The van der Waals surface area contributed by atoms with Gasteiger partial charge in [0.15, 0.2) is 11.5 Å². The fourth-order valence-corrected chi connectivity index (χ4v) is 4.35. The second-order valence-corrected chi connectivity index (χ2v) is 10.8. The standard InChI is InChI=1S/C29H44N4O6/c1-22-7-9-24(39-22)20-32(12-11-23-8-10-25(36-5)26(19-23)37-6)27(34)21-33(28(35)30-29(2,3)4)14-13-31-15-17-38-18-16-31/h7-10,19H,11-18,20-21H2,1-6H3,(H,30,35). The summed E-state index contributed by atoms with van der Waals surface area (Å²) in [5.74, 6) is 2.64. The average molecular weight is 545 g/mol. The number of amides is 3. The van der Waals surface area contributed by atoms with Gasteiger partial charge in [-0.15, -0.1) is 0 Å². The quantitative estimate of drug-likeness (QED) is 0.438. The summed E-state index contributed by atoms with van der Waals surface area (Å²) < 4.78 is 22.0. The van der Waals surface area contributed by atoms with Crippen molar-refractivity contribution < 1.29 is 28.2 Å². The Balaban J connectivity index is 1.74. The molecule has 0 unspecified atom stereocenters. The number of furan rings is 1. The first-order valence-electron chi connectivity index (χ1n) is 13.5. The number of carbonyl (C=O) groups excluding carboxylic acids is 2. The van der Waals surface area contributed by atoms with Gasteiger partial charge >= 0.3 is 6.03 Å². The number of nitrogens with one attached hydrogen (secondary N) is 1. The van der Waals surface area contributed by atoms with Gasteiger partial charge in [-0.1, -0.05) is 6.07 Å². The van der Waals surface area contributed by atoms with Crippen molar-refractivity contribution in [3.8, 4) is 11.5 Å². The second kappa shape index (κ2) is 14.2. The molecule has 0 saturated carbocycles. The van der Waals surface area contributed by atoms with E-state index in [-0.39, 0.29) is 18.5 Å². The zero-order valence-electron chi connectivity index (χ0n) is 24.2. The predicted molar refractivity (Wildman–Crippen MR) is 149 cm³/mol. The number of hydrogen-bond donors (Lipinski definition) is 1. The lowest BCUT2D eigenvalue weighted by molar-refractivity contribution is -0.132. The molecule has 10 nitrogen and oxygen atoms in total. The molecule has 0 aliphatic carbocycles. The van der Waals surface area contributed by atoms with Crippen LogP contribution < -0.4 is 14.8 Å². The molecule has 0 atom stereocenters. The number of urea groups is 1. The lowest BCUT2D eigenvalue weighted by Gasteiger charge is -2.33. The number of morpholine rings is 1. The van der Waals surface area contributed by atoms with E-state index in [2.05, 4.69) is 10.2 Å². The average Bonchev–Trinajstić information content (AvgIpc) is 3.32. The molecule has 3 rings (SSSR count). The second-order valence-electron chi connectivity index (χ2n) is 10.8. The summed E-state index contributed by atoms with van der Waals surface area (Å²) in [4.78, 5) is 32.6. The highest BCUT2D eigenvalue weighted by atomic mass is 16.5. The normalized spacial score (nSPS) is 14.1. The van der Waals surface area contributed by atoms with E-state index >= 15 is 0 Å². The van der Waals surface area contributed by atoms with Gasteiger partial charge in [-0.25, -0.2) is 4.79 Å². The molecular weight excluding hydrogens is 500 g/mol. The number of aryl methyl sites for hydroxylation is 1. The molecule has 2 heterocycles. The molecule has 1 aromatic heterocycles. The lowest BCUT2D eigenvalue weighted by Crippen LogP contribution is -2.53. The van der Waals surface area contributed by atoms with Crippen LogP contribution in [0.2, 0.25) is 0 Å².